The molecule has 0 bridgehead atoms. The van der Waals surface area contributed by atoms with Gasteiger partial charge in [-0.05, 0) is 0 Å². The zero-order valence-electron chi connectivity index (χ0n) is 5.72. The molecule has 1 rings (SSSR count). The van der Waals surface area contributed by atoms with Gasteiger partial charge in [0.2, 0.25) is 17.0 Å². The zero-order valence-corrected chi connectivity index (χ0v) is 6.54. The average molecular weight is 174 g/mol. The Bertz CT molecular complexity index is 261. The van der Waals surface area contributed by atoms with E-state index in [1.807, 2.05) is 0 Å². The van der Waals surface area contributed by atoms with Crippen molar-refractivity contribution in [3.63, 3.8) is 0 Å². The quantitative estimate of drug-likeness (QED) is 0.642. The summed E-state index contributed by atoms with van der Waals surface area (Å²) in [6.07, 6.45) is 2.47. The Morgan fingerprint density at radius 2 is 2.27 bits per heavy atom. The van der Waals surface area contributed by atoms with Crippen molar-refractivity contribution in [2.24, 2.45) is 0 Å². The maximum atomic E-state index is 10.4. The summed E-state index contributed by atoms with van der Waals surface area (Å²) in [5.41, 5.74) is 0. The van der Waals surface area contributed by atoms with Gasteiger partial charge in [0, 0.05) is 0 Å². The van der Waals surface area contributed by atoms with Gasteiger partial charge in [-0.3, -0.25) is 0 Å². The molecule has 1 heterocycles. The molecule has 0 aliphatic carbocycles. The standard InChI is InChI=1S/C5H6N2O3S/c1-10-4-2-7-5(3-6-4)11(8)9/h2-3H,1H3,(H,8,9). The van der Waals surface area contributed by atoms with Crippen molar-refractivity contribution in [1.82, 2.24) is 9.97 Å². The van der Waals surface area contributed by atoms with Crippen molar-refractivity contribution in [3.8, 4) is 5.88 Å². The molecule has 0 fully saturated rings. The molecule has 0 aromatic carbocycles. The van der Waals surface area contributed by atoms with Crippen molar-refractivity contribution < 1.29 is 13.5 Å². The van der Waals surface area contributed by atoms with Crippen LogP contribution in [0.4, 0.5) is 0 Å². The average Bonchev–Trinajstić information content (AvgIpc) is 2.05. The fourth-order valence-corrected chi connectivity index (χ4v) is 0.786. The smallest absolute Gasteiger partial charge is 0.232 e. The molecule has 6 heteroatoms. The van der Waals surface area contributed by atoms with Crippen LogP contribution >= 0.6 is 0 Å². The molecular weight excluding hydrogens is 168 g/mol. The van der Waals surface area contributed by atoms with Gasteiger partial charge in [0.15, 0.2) is 5.03 Å². The van der Waals surface area contributed by atoms with E-state index >= 15 is 0 Å². The van der Waals surface area contributed by atoms with E-state index in [-0.39, 0.29) is 5.03 Å². The predicted molar refractivity (Wildman–Crippen MR) is 37.6 cm³/mol. The SMILES string of the molecule is COc1cnc(S(=O)O)cn1. The maximum Gasteiger partial charge on any atom is 0.232 e. The molecule has 0 saturated carbocycles. The molecule has 1 unspecified atom stereocenters. The predicted octanol–water partition coefficient (Wildman–Crippen LogP) is 0.0658. The van der Waals surface area contributed by atoms with Crippen molar-refractivity contribution in [3.05, 3.63) is 12.4 Å². The largest absolute Gasteiger partial charge is 0.480 e. The fraction of sp³-hybridized carbons (Fsp3) is 0.200. The number of aromatic nitrogens is 2. The number of methoxy groups -OCH3 is 1. The van der Waals surface area contributed by atoms with Gasteiger partial charge in [-0.15, -0.1) is 0 Å². The van der Waals surface area contributed by atoms with E-state index in [9.17, 15) is 4.21 Å². The highest BCUT2D eigenvalue weighted by Crippen LogP contribution is 2.04. The highest BCUT2D eigenvalue weighted by Gasteiger charge is 2.01. The Morgan fingerprint density at radius 1 is 1.55 bits per heavy atom. The lowest BCUT2D eigenvalue weighted by atomic mass is 10.7. The fourth-order valence-electron chi connectivity index (χ4n) is 0.500. The minimum atomic E-state index is -2.07. The third-order valence-electron chi connectivity index (χ3n) is 0.993. The van der Waals surface area contributed by atoms with Gasteiger partial charge in [0.1, 0.15) is 0 Å². The van der Waals surface area contributed by atoms with Crippen LogP contribution in [0.15, 0.2) is 17.4 Å². The highest BCUT2D eigenvalue weighted by molar-refractivity contribution is 7.79. The van der Waals surface area contributed by atoms with Gasteiger partial charge in [-0.25, -0.2) is 14.2 Å². The molecule has 5 nitrogen and oxygen atoms in total. The highest BCUT2D eigenvalue weighted by atomic mass is 32.2. The first kappa shape index (κ1) is 8.09. The summed E-state index contributed by atoms with van der Waals surface area (Å²) in [7, 11) is 1.44. The van der Waals surface area contributed by atoms with Crippen LogP contribution in [0.3, 0.4) is 0 Å². The number of hydrogen-bond acceptors (Lipinski definition) is 4. The van der Waals surface area contributed by atoms with E-state index in [0.717, 1.165) is 0 Å². The van der Waals surface area contributed by atoms with Gasteiger partial charge < -0.3 is 9.29 Å². The molecule has 0 aliphatic rings. The molecule has 1 atom stereocenters. The molecule has 0 amide bonds. The number of hydrogen-bond donors (Lipinski definition) is 1. The Morgan fingerprint density at radius 3 is 2.64 bits per heavy atom. The lowest BCUT2D eigenvalue weighted by molar-refractivity contribution is 0.394. The summed E-state index contributed by atoms with van der Waals surface area (Å²) >= 11 is -2.07. The van der Waals surface area contributed by atoms with Gasteiger partial charge in [0.25, 0.3) is 0 Å². The molecule has 0 saturated heterocycles. The lowest BCUT2D eigenvalue weighted by Gasteiger charge is -1.96. The van der Waals surface area contributed by atoms with E-state index in [4.69, 9.17) is 9.29 Å². The molecule has 1 aromatic heterocycles. The summed E-state index contributed by atoms with van der Waals surface area (Å²) in [5.74, 6) is 0.319. The monoisotopic (exact) mass is 174 g/mol. The van der Waals surface area contributed by atoms with Crippen molar-refractivity contribution in [2.45, 2.75) is 5.03 Å². The van der Waals surface area contributed by atoms with E-state index in [2.05, 4.69) is 9.97 Å². The molecule has 0 radical (unpaired) electrons. The Hall–Kier alpha value is -1.01. The van der Waals surface area contributed by atoms with Gasteiger partial charge in [-0.2, -0.15) is 0 Å². The minimum Gasteiger partial charge on any atom is -0.480 e. The number of nitrogens with zero attached hydrogens (tertiary/aromatic N) is 2. The molecule has 0 aliphatic heterocycles. The second-order valence-corrected chi connectivity index (χ2v) is 2.56. The Labute approximate surface area is 65.7 Å². The first-order valence-corrected chi connectivity index (χ1v) is 3.81. The summed E-state index contributed by atoms with van der Waals surface area (Å²) in [4.78, 5) is 7.29. The third kappa shape index (κ3) is 1.95. The van der Waals surface area contributed by atoms with Gasteiger partial charge >= 0.3 is 0 Å². The van der Waals surface area contributed by atoms with Crippen LogP contribution in [0.2, 0.25) is 0 Å². The minimum absolute atomic E-state index is 0.0193. The van der Waals surface area contributed by atoms with E-state index in [1.54, 1.807) is 0 Å². The zero-order chi connectivity index (χ0) is 8.27. The van der Waals surface area contributed by atoms with Crippen LogP contribution in [-0.4, -0.2) is 25.8 Å². The molecule has 60 valence electrons. The van der Waals surface area contributed by atoms with Crippen LogP contribution in [0, 0.1) is 0 Å². The third-order valence-corrected chi connectivity index (χ3v) is 1.56. The van der Waals surface area contributed by atoms with Crippen LogP contribution in [0.5, 0.6) is 5.88 Å². The Balaban J connectivity index is 2.91. The summed E-state index contributed by atoms with van der Waals surface area (Å²) < 4.78 is 23.6. The van der Waals surface area contributed by atoms with Crippen LogP contribution in [0.25, 0.3) is 0 Å². The summed E-state index contributed by atoms with van der Waals surface area (Å²) in [5, 5.41) is 0.0193. The van der Waals surface area contributed by atoms with Gasteiger partial charge in [-0.1, -0.05) is 0 Å². The van der Waals surface area contributed by atoms with E-state index < -0.39 is 11.1 Å². The topological polar surface area (TPSA) is 72.3 Å². The second-order valence-electron chi connectivity index (χ2n) is 1.65. The Kier molecular flexibility index (Phi) is 2.50. The number of rotatable bonds is 2. The van der Waals surface area contributed by atoms with E-state index in [1.165, 1.54) is 19.5 Å². The molecule has 0 spiro atoms. The van der Waals surface area contributed by atoms with Crippen LogP contribution < -0.4 is 4.74 Å². The van der Waals surface area contributed by atoms with Crippen LogP contribution in [0.1, 0.15) is 0 Å². The number of ether oxygens (including phenoxy) is 1. The maximum absolute atomic E-state index is 10.4. The van der Waals surface area contributed by atoms with Crippen molar-refractivity contribution >= 4 is 11.1 Å². The van der Waals surface area contributed by atoms with Crippen molar-refractivity contribution in [2.75, 3.05) is 7.11 Å². The molecule has 1 aromatic rings. The first-order valence-electron chi connectivity index (χ1n) is 2.71. The summed E-state index contributed by atoms with van der Waals surface area (Å²) in [6, 6.07) is 0. The second kappa shape index (κ2) is 3.40. The molecular formula is C5H6N2O3S. The molecule has 11 heavy (non-hydrogen) atoms. The van der Waals surface area contributed by atoms with Crippen LogP contribution in [-0.2, 0) is 11.1 Å². The van der Waals surface area contributed by atoms with Gasteiger partial charge in [0.05, 0.1) is 19.5 Å². The van der Waals surface area contributed by atoms with E-state index in [0.29, 0.717) is 5.88 Å². The molecule has 1 N–H and O–H groups in total. The van der Waals surface area contributed by atoms with Crippen molar-refractivity contribution in [1.29, 1.82) is 0 Å². The normalized spacial score (nSPS) is 12.5. The summed E-state index contributed by atoms with van der Waals surface area (Å²) in [6.45, 7) is 0. The first-order chi connectivity index (χ1) is 5.24. The lowest BCUT2D eigenvalue weighted by Crippen LogP contribution is -1.95.